The van der Waals surface area contributed by atoms with Crippen LogP contribution >= 0.6 is 0 Å². The molecule has 0 radical (unpaired) electrons. The number of hydrogen-bond donors (Lipinski definition) is 2. The molecule has 1 aliphatic heterocycles. The van der Waals surface area contributed by atoms with Crippen molar-refractivity contribution in [2.45, 2.75) is 19.3 Å². The van der Waals surface area contributed by atoms with Gasteiger partial charge in [0.1, 0.15) is 5.65 Å². The van der Waals surface area contributed by atoms with Crippen LogP contribution < -0.4 is 16.6 Å². The molecule has 3 aromatic rings. The number of piperidine rings is 1. The Kier molecular flexibility index (Phi) is 5.18. The maximum Gasteiger partial charge on any atom is 0.329 e. The predicted octanol–water partition coefficient (Wildman–Crippen LogP) is 1.50. The second kappa shape index (κ2) is 7.94. The molecule has 1 aromatic carbocycles. The predicted molar refractivity (Wildman–Crippen MR) is 112 cm³/mol. The first-order valence-electron chi connectivity index (χ1n) is 9.74. The second-order valence-corrected chi connectivity index (χ2v) is 7.27. The Morgan fingerprint density at radius 3 is 2.60 bits per heavy atom. The van der Waals surface area contributed by atoms with Crippen molar-refractivity contribution in [1.82, 2.24) is 19.4 Å². The molecule has 0 aliphatic carbocycles. The van der Waals surface area contributed by atoms with Crippen molar-refractivity contribution < 1.29 is 9.59 Å². The van der Waals surface area contributed by atoms with Gasteiger partial charge in [-0.05, 0) is 37.5 Å². The van der Waals surface area contributed by atoms with Gasteiger partial charge in [-0.25, -0.2) is 9.78 Å². The van der Waals surface area contributed by atoms with E-state index in [1.807, 2.05) is 0 Å². The molecule has 0 saturated carbocycles. The first-order chi connectivity index (χ1) is 14.5. The van der Waals surface area contributed by atoms with Gasteiger partial charge in [0.15, 0.2) is 0 Å². The Labute approximate surface area is 171 Å². The number of para-hydroxylation sites is 1. The van der Waals surface area contributed by atoms with Gasteiger partial charge in [-0.2, -0.15) is 0 Å². The number of nitrogens with one attached hydrogen (secondary N) is 2. The van der Waals surface area contributed by atoms with Gasteiger partial charge in [0.25, 0.3) is 17.4 Å². The number of H-pyrrole nitrogens is 1. The van der Waals surface area contributed by atoms with Gasteiger partial charge in [-0.3, -0.25) is 23.9 Å². The van der Waals surface area contributed by atoms with Gasteiger partial charge in [-0.1, -0.05) is 12.1 Å². The molecule has 2 amide bonds. The number of rotatable bonds is 3. The molecule has 30 heavy (non-hydrogen) atoms. The number of carbonyl (C=O) groups excluding carboxylic acids is 2. The molecule has 1 fully saturated rings. The minimum absolute atomic E-state index is 0.117. The fourth-order valence-electron chi connectivity index (χ4n) is 3.60. The Balaban J connectivity index is 1.64. The lowest BCUT2D eigenvalue weighted by Crippen LogP contribution is -2.36. The van der Waals surface area contributed by atoms with Crippen molar-refractivity contribution in [2.75, 3.05) is 18.4 Å². The molecule has 4 rings (SSSR count). The van der Waals surface area contributed by atoms with E-state index < -0.39 is 17.2 Å². The van der Waals surface area contributed by atoms with Crippen LogP contribution in [-0.4, -0.2) is 44.3 Å². The highest BCUT2D eigenvalue weighted by atomic mass is 16.2. The SMILES string of the molecule is Cn1c(=O)[nH]c(=O)c2cc(C(=O)Nc3ccccc3C(=O)N3CCCCC3)cnc21. The van der Waals surface area contributed by atoms with E-state index in [4.69, 9.17) is 0 Å². The van der Waals surface area contributed by atoms with Crippen molar-refractivity contribution >= 4 is 28.5 Å². The third kappa shape index (κ3) is 3.61. The number of pyridine rings is 1. The molecule has 2 N–H and O–H groups in total. The fraction of sp³-hybridized carbons (Fsp3) is 0.286. The van der Waals surface area contributed by atoms with Crippen LogP contribution in [-0.2, 0) is 7.05 Å². The van der Waals surface area contributed by atoms with Crippen LogP contribution in [0.15, 0.2) is 46.1 Å². The Morgan fingerprint density at radius 2 is 1.83 bits per heavy atom. The molecule has 2 aromatic heterocycles. The highest BCUT2D eigenvalue weighted by Gasteiger charge is 2.21. The molecular formula is C21H21N5O4. The Morgan fingerprint density at radius 1 is 1.10 bits per heavy atom. The number of likely N-dealkylation sites (tertiary alicyclic amines) is 1. The highest BCUT2D eigenvalue weighted by Crippen LogP contribution is 2.21. The maximum atomic E-state index is 12.9. The number of carbonyl (C=O) groups is 2. The summed E-state index contributed by atoms with van der Waals surface area (Å²) in [5.41, 5.74) is -0.0552. The van der Waals surface area contributed by atoms with Crippen molar-refractivity contribution in [3.8, 4) is 0 Å². The van der Waals surface area contributed by atoms with Gasteiger partial charge in [0, 0.05) is 26.3 Å². The molecule has 1 saturated heterocycles. The van der Waals surface area contributed by atoms with Gasteiger partial charge in [-0.15, -0.1) is 0 Å². The molecule has 0 bridgehead atoms. The van der Waals surface area contributed by atoms with Crippen molar-refractivity contribution in [2.24, 2.45) is 7.05 Å². The largest absolute Gasteiger partial charge is 0.339 e. The van der Waals surface area contributed by atoms with Crippen molar-refractivity contribution in [3.05, 3.63) is 68.5 Å². The zero-order chi connectivity index (χ0) is 21.3. The van der Waals surface area contributed by atoms with E-state index in [1.165, 1.54) is 23.9 Å². The van der Waals surface area contributed by atoms with Gasteiger partial charge < -0.3 is 10.2 Å². The number of fused-ring (bicyclic) bond motifs is 1. The summed E-state index contributed by atoms with van der Waals surface area (Å²) in [5.74, 6) is -0.620. The van der Waals surface area contributed by atoms with Crippen LogP contribution in [0.25, 0.3) is 11.0 Å². The fourth-order valence-corrected chi connectivity index (χ4v) is 3.60. The zero-order valence-corrected chi connectivity index (χ0v) is 16.5. The number of hydrogen-bond acceptors (Lipinski definition) is 5. The number of nitrogens with zero attached hydrogens (tertiary/aromatic N) is 3. The Hall–Kier alpha value is -3.75. The Bertz CT molecular complexity index is 1250. The third-order valence-electron chi connectivity index (χ3n) is 5.27. The molecule has 9 heteroatoms. The third-order valence-corrected chi connectivity index (χ3v) is 5.27. The minimum Gasteiger partial charge on any atom is -0.339 e. The summed E-state index contributed by atoms with van der Waals surface area (Å²) in [7, 11) is 1.48. The topological polar surface area (TPSA) is 117 Å². The molecule has 1 aliphatic rings. The first-order valence-corrected chi connectivity index (χ1v) is 9.74. The number of amides is 2. The summed E-state index contributed by atoms with van der Waals surface area (Å²) in [6.07, 6.45) is 4.35. The summed E-state index contributed by atoms with van der Waals surface area (Å²) in [6.45, 7) is 1.41. The van der Waals surface area contributed by atoms with E-state index in [0.717, 1.165) is 19.3 Å². The lowest BCUT2D eigenvalue weighted by Gasteiger charge is -2.27. The summed E-state index contributed by atoms with van der Waals surface area (Å²) in [6, 6.07) is 8.23. The highest BCUT2D eigenvalue weighted by molar-refractivity contribution is 6.09. The molecule has 0 spiro atoms. The lowest BCUT2D eigenvalue weighted by molar-refractivity contribution is 0.0725. The molecular weight excluding hydrogens is 386 g/mol. The van der Waals surface area contributed by atoms with Crippen molar-refractivity contribution in [1.29, 1.82) is 0 Å². The zero-order valence-electron chi connectivity index (χ0n) is 16.5. The first kappa shape index (κ1) is 19.6. The van der Waals surface area contributed by atoms with E-state index in [9.17, 15) is 19.2 Å². The summed E-state index contributed by atoms with van der Waals surface area (Å²) in [5, 5.41) is 2.88. The van der Waals surface area contributed by atoms with E-state index in [-0.39, 0.29) is 22.5 Å². The van der Waals surface area contributed by atoms with Crippen LogP contribution in [0.4, 0.5) is 5.69 Å². The standard InChI is InChI=1S/C21H21N5O4/c1-25-17-15(19(28)24-21(25)30)11-13(12-22-17)18(27)23-16-8-4-3-7-14(16)20(29)26-9-5-2-6-10-26/h3-4,7-8,11-12H,2,5-6,9-10H2,1H3,(H,23,27)(H,24,28,30). The summed E-state index contributed by atoms with van der Waals surface area (Å²) < 4.78 is 1.20. The molecule has 154 valence electrons. The molecule has 3 heterocycles. The van der Waals surface area contributed by atoms with Crippen LogP contribution in [0.2, 0.25) is 0 Å². The summed E-state index contributed by atoms with van der Waals surface area (Å²) in [4.78, 5) is 57.6. The monoisotopic (exact) mass is 407 g/mol. The quantitative estimate of drug-likeness (QED) is 0.682. The van der Waals surface area contributed by atoms with Gasteiger partial charge in [0.05, 0.1) is 22.2 Å². The molecule has 9 nitrogen and oxygen atoms in total. The van der Waals surface area contributed by atoms with E-state index in [0.29, 0.717) is 24.3 Å². The minimum atomic E-state index is -0.615. The summed E-state index contributed by atoms with van der Waals surface area (Å²) >= 11 is 0. The van der Waals surface area contributed by atoms with Gasteiger partial charge in [0.2, 0.25) is 0 Å². The van der Waals surface area contributed by atoms with E-state index in [1.54, 1.807) is 29.2 Å². The van der Waals surface area contributed by atoms with E-state index >= 15 is 0 Å². The number of aromatic nitrogens is 3. The van der Waals surface area contributed by atoms with Crippen LogP contribution in [0.5, 0.6) is 0 Å². The average Bonchev–Trinajstić information content (AvgIpc) is 2.77. The number of anilines is 1. The van der Waals surface area contributed by atoms with Gasteiger partial charge >= 0.3 is 5.69 Å². The lowest BCUT2D eigenvalue weighted by atomic mass is 10.1. The second-order valence-electron chi connectivity index (χ2n) is 7.27. The van der Waals surface area contributed by atoms with Crippen LogP contribution in [0.3, 0.4) is 0 Å². The average molecular weight is 407 g/mol. The number of aryl methyl sites for hydroxylation is 1. The molecule has 0 atom stereocenters. The maximum absolute atomic E-state index is 12.9. The number of benzene rings is 1. The van der Waals surface area contributed by atoms with Crippen LogP contribution in [0, 0.1) is 0 Å². The molecule has 0 unspecified atom stereocenters. The van der Waals surface area contributed by atoms with Crippen LogP contribution in [0.1, 0.15) is 40.0 Å². The number of aromatic amines is 1. The van der Waals surface area contributed by atoms with E-state index in [2.05, 4.69) is 15.3 Å². The van der Waals surface area contributed by atoms with Crippen molar-refractivity contribution in [3.63, 3.8) is 0 Å². The normalized spacial score (nSPS) is 14.0. The smallest absolute Gasteiger partial charge is 0.329 e.